The van der Waals surface area contributed by atoms with Gasteiger partial charge < -0.3 is 41.8 Å². The number of rotatable bonds is 15. The van der Waals surface area contributed by atoms with E-state index in [-0.39, 0.29) is 81.5 Å². The third-order valence-corrected chi connectivity index (χ3v) is 28.5. The average Bonchev–Trinajstić information content (AvgIpc) is 0.715. The van der Waals surface area contributed by atoms with E-state index in [1.54, 1.807) is 0 Å². The average molecular weight is 1250 g/mol. The Bertz CT molecular complexity index is 3390. The van der Waals surface area contributed by atoms with Crippen LogP contribution < -0.4 is 27.4 Å². The summed E-state index contributed by atoms with van der Waals surface area (Å²) in [5, 5.41) is 10.9. The predicted octanol–water partition coefficient (Wildman–Crippen LogP) is 10.4. The second kappa shape index (κ2) is 21.9. The predicted molar refractivity (Wildman–Crippen MR) is 354 cm³/mol. The van der Waals surface area contributed by atoms with Crippen molar-refractivity contribution in [3.8, 4) is 0 Å². The second-order valence-electron chi connectivity index (χ2n) is 35.2. The topological polar surface area (TPSA) is 198 Å². The molecule has 494 valence electrons. The highest BCUT2D eigenvalue weighted by molar-refractivity contribution is 5.90. The number of nitrogens with one attached hydrogen (secondary N) is 3. The summed E-state index contributed by atoms with van der Waals surface area (Å²) in [5.41, 5.74) is 13.7. The van der Waals surface area contributed by atoms with E-state index < -0.39 is 37.9 Å². The third kappa shape index (κ3) is 9.87. The fourth-order valence-electron chi connectivity index (χ4n) is 25.9. The van der Waals surface area contributed by atoms with Gasteiger partial charge in [-0.1, -0.05) is 78.9 Å². The van der Waals surface area contributed by atoms with Crippen LogP contribution in [-0.2, 0) is 60.5 Å². The van der Waals surface area contributed by atoms with Crippen LogP contribution in [0.3, 0.4) is 0 Å². The summed E-state index contributed by atoms with van der Waals surface area (Å²) < 4.78 is 11.7. The van der Waals surface area contributed by atoms with Gasteiger partial charge in [0.15, 0.2) is 0 Å². The number of benzene rings is 3. The van der Waals surface area contributed by atoms with E-state index in [4.69, 9.17) is 20.9 Å². The molecule has 0 radical (unpaired) electrons. The molecule has 16 fully saturated rings. The van der Waals surface area contributed by atoms with Gasteiger partial charge in [-0.2, -0.15) is 0 Å². The smallest absolute Gasteiger partial charge is 0.311 e. The highest BCUT2D eigenvalue weighted by Gasteiger charge is 2.74. The fraction of sp³-hybridized carbons (Fsp3) is 0.705. The summed E-state index contributed by atoms with van der Waals surface area (Å²) in [6, 6.07) is 30.7. The van der Waals surface area contributed by atoms with Crippen molar-refractivity contribution < 1.29 is 33.4 Å². The van der Waals surface area contributed by atoms with Crippen LogP contribution in [0.1, 0.15) is 221 Å². The van der Waals surface area contributed by atoms with Crippen LogP contribution in [0.5, 0.6) is 0 Å². The molecule has 4 amide bonds. The van der Waals surface area contributed by atoms with Crippen molar-refractivity contribution in [3.63, 3.8) is 0 Å². The van der Waals surface area contributed by atoms with Gasteiger partial charge in [-0.25, -0.2) is 0 Å². The number of nitrogens with two attached hydrogens (primary N) is 2. The maximum absolute atomic E-state index is 15.9. The highest BCUT2D eigenvalue weighted by Crippen LogP contribution is 2.77. The molecule has 14 aliphatic carbocycles. The molecule has 3 aromatic carbocycles. The van der Waals surface area contributed by atoms with Crippen molar-refractivity contribution in [2.75, 3.05) is 53.0 Å². The molecule has 7 N–H and O–H groups in total. The first-order chi connectivity index (χ1) is 44.1. The fourth-order valence-corrected chi connectivity index (χ4v) is 25.9. The lowest BCUT2D eigenvalue weighted by atomic mass is 9.33. The van der Waals surface area contributed by atoms with Crippen LogP contribution >= 0.6 is 0 Å². The Balaban J connectivity index is 0.757. The van der Waals surface area contributed by atoms with Crippen molar-refractivity contribution in [1.82, 2.24) is 25.8 Å². The SMILES string of the molecule is COC(=O)C12CC3(C(=O)N[C@H]4CC[C@H](N)CC4)CC(c4ccc(C56CC7CC(C(=O)N[C@H]8CC[C@H](N)CC8)(CC(C(=O)N8CCCC8)(C7)C5)C6)cc4)(C1)CC(c1ccc(C45CC6CC(C(=O)NCC(C)(C)N7CCOCC7)(CC(c7ccccc7)(C6)C4)C5)cc1)(C3)C2. The Kier molecular flexibility index (Phi) is 14.7. The summed E-state index contributed by atoms with van der Waals surface area (Å²) in [6.45, 7) is 9.87. The van der Waals surface area contributed by atoms with Crippen molar-refractivity contribution in [3.05, 3.63) is 107 Å². The minimum atomic E-state index is -0.906. The molecule has 2 saturated heterocycles. The van der Waals surface area contributed by atoms with Crippen LogP contribution in [-0.4, -0.2) is 122 Å². The van der Waals surface area contributed by atoms with Gasteiger partial charge in [-0.3, -0.25) is 28.9 Å². The van der Waals surface area contributed by atoms with Gasteiger partial charge in [0.05, 0.1) is 47.4 Å². The molecule has 16 aliphatic rings. The number of hydrogen-bond donors (Lipinski definition) is 5. The first-order valence-electron chi connectivity index (χ1n) is 36.5. The molecule has 14 saturated carbocycles. The van der Waals surface area contributed by atoms with Crippen molar-refractivity contribution >= 4 is 29.6 Å². The molecule has 12 bridgehead atoms. The molecule has 14 nitrogen and oxygen atoms in total. The van der Waals surface area contributed by atoms with Crippen LogP contribution in [0.15, 0.2) is 78.9 Å². The van der Waals surface area contributed by atoms with E-state index in [9.17, 15) is 0 Å². The second-order valence-corrected chi connectivity index (χ2v) is 35.2. The summed E-state index contributed by atoms with van der Waals surface area (Å²) in [6.07, 6.45) is 23.5. The number of nitrogens with zero attached hydrogens (tertiary/aromatic N) is 2. The van der Waals surface area contributed by atoms with E-state index in [0.717, 1.165) is 167 Å². The normalized spacial score (nSPS) is 42.4. The molecule has 0 aromatic heterocycles. The Labute approximate surface area is 546 Å². The highest BCUT2D eigenvalue weighted by atomic mass is 16.5. The third-order valence-electron chi connectivity index (χ3n) is 28.5. The number of morpholine rings is 1. The zero-order valence-corrected chi connectivity index (χ0v) is 55.6. The number of methoxy groups -OCH3 is 1. The van der Waals surface area contributed by atoms with E-state index in [1.807, 2.05) is 0 Å². The molecule has 0 spiro atoms. The minimum absolute atomic E-state index is 0.0307. The molecule has 2 aliphatic heterocycles. The van der Waals surface area contributed by atoms with E-state index in [1.165, 1.54) is 34.9 Å². The Morgan fingerprint density at radius 3 is 1.40 bits per heavy atom. The van der Waals surface area contributed by atoms with Gasteiger partial charge in [0.1, 0.15) is 0 Å². The molecule has 19 rings (SSSR count). The Morgan fingerprint density at radius 1 is 0.478 bits per heavy atom. The minimum Gasteiger partial charge on any atom is -0.469 e. The maximum atomic E-state index is 15.9. The van der Waals surface area contributed by atoms with Gasteiger partial charge in [0.2, 0.25) is 23.6 Å². The lowest BCUT2D eigenvalue weighted by Gasteiger charge is -2.69. The monoisotopic (exact) mass is 1250 g/mol. The van der Waals surface area contributed by atoms with Crippen molar-refractivity contribution in [2.45, 2.75) is 250 Å². The quantitative estimate of drug-likeness (QED) is 0.0913. The van der Waals surface area contributed by atoms with Crippen LogP contribution in [0, 0.1) is 38.9 Å². The largest absolute Gasteiger partial charge is 0.469 e. The number of esters is 1. The molecule has 92 heavy (non-hydrogen) atoms. The summed E-state index contributed by atoms with van der Waals surface area (Å²) in [7, 11) is 1.54. The number of ether oxygens (including phenoxy) is 2. The molecule has 3 aromatic rings. The molecule has 12 unspecified atom stereocenters. The number of carbonyl (C=O) groups excluding carboxylic acids is 5. The first kappa shape index (κ1) is 61.7. The lowest BCUT2D eigenvalue weighted by Crippen LogP contribution is -2.69. The van der Waals surface area contributed by atoms with E-state index >= 15 is 24.0 Å². The molecular weight excluding hydrogens is 1150 g/mol. The first-order valence-corrected chi connectivity index (χ1v) is 36.5. The van der Waals surface area contributed by atoms with Crippen molar-refractivity contribution in [2.24, 2.45) is 50.4 Å². The van der Waals surface area contributed by atoms with E-state index in [2.05, 4.69) is 118 Å². The number of carbonyl (C=O) groups is 5. The van der Waals surface area contributed by atoms with E-state index in [0.29, 0.717) is 64.2 Å². The van der Waals surface area contributed by atoms with Gasteiger partial charge in [0, 0.05) is 62.4 Å². The van der Waals surface area contributed by atoms with Crippen LogP contribution in [0.4, 0.5) is 0 Å². The number of hydrogen-bond acceptors (Lipinski definition) is 10. The van der Waals surface area contributed by atoms with Gasteiger partial charge >= 0.3 is 5.97 Å². The zero-order chi connectivity index (χ0) is 63.4. The summed E-state index contributed by atoms with van der Waals surface area (Å²) in [4.78, 5) is 81.4. The van der Waals surface area contributed by atoms with Gasteiger partial charge in [0.25, 0.3) is 0 Å². The number of amides is 4. The number of likely N-dealkylation sites (tertiary alicyclic amines) is 1. The zero-order valence-electron chi connectivity index (χ0n) is 55.6. The summed E-state index contributed by atoms with van der Waals surface area (Å²) >= 11 is 0. The van der Waals surface area contributed by atoms with Crippen molar-refractivity contribution in [1.29, 1.82) is 0 Å². The molecule has 12 atom stereocenters. The molecule has 14 heteroatoms. The van der Waals surface area contributed by atoms with Crippen LogP contribution in [0.25, 0.3) is 0 Å². The maximum Gasteiger partial charge on any atom is 0.311 e. The molecular formula is C78H105N7O7. The Morgan fingerprint density at radius 2 is 0.880 bits per heavy atom. The summed E-state index contributed by atoms with van der Waals surface area (Å²) in [5.74, 6) is 1.19. The standard InChI is InChI=1S/C78H105N7O7/c1-68(2,85-29-31-92-32-30-85)51-81-63(86)72-36-52-33-69(40-72,54-9-5-4-6-10-54)39-70(34-52,41-72)55-11-15-57(16-12-55)75-45-76(47-77(46-75,50-78(48-75,49-76)67(90)91-3)65(88)83-62-25-21-60(80)22-26-62)58-17-13-56(14-18-58)71-35-53-37-73(42-71,64(87)82-61-23-19-59(79)20-24-61)44-74(38-53,43-71)66(89)84-27-7-8-28-84/h4-6,9-18,52-53,59-62H,7-8,19-51,79-80H2,1-3H3,(H,81,86)(H,82,87)(H,83,88)/t52?,53?,59-,60-,61-,62-,69?,70?,71?,72?,73?,74?,75?,76?,77?,78?. The lowest BCUT2D eigenvalue weighted by molar-refractivity contribution is -0.191. The van der Waals surface area contributed by atoms with Gasteiger partial charge in [-0.15, -0.1) is 0 Å². The van der Waals surface area contributed by atoms with Gasteiger partial charge in [-0.05, 0) is 260 Å². The molecule has 2 heterocycles. The van der Waals surface area contributed by atoms with Crippen LogP contribution in [0.2, 0.25) is 0 Å². The Hall–Kier alpha value is -5.15.